The number of hydrogen-bond donors (Lipinski definition) is 1. The first-order chi connectivity index (χ1) is 11.3. The minimum Gasteiger partial charge on any atom is -0.380 e. The molecule has 0 radical (unpaired) electrons. The number of hydrogen-bond acceptors (Lipinski definition) is 3. The Labute approximate surface area is 143 Å². The van der Waals surface area contributed by atoms with Gasteiger partial charge in [0.1, 0.15) is 6.04 Å². The molecule has 0 aromatic rings. The van der Waals surface area contributed by atoms with E-state index in [2.05, 4.69) is 24.2 Å². The Balaban J connectivity index is 2.29. The molecule has 1 unspecified atom stereocenters. The minimum atomic E-state index is -4.17. The molecule has 0 amide bonds. The molecule has 1 aliphatic rings. The van der Waals surface area contributed by atoms with E-state index >= 15 is 0 Å². The Morgan fingerprint density at radius 1 is 1.12 bits per heavy atom. The number of nitrogens with zero attached hydrogens (tertiary/aromatic N) is 3. The van der Waals surface area contributed by atoms with Gasteiger partial charge in [-0.2, -0.15) is 13.2 Å². The van der Waals surface area contributed by atoms with Gasteiger partial charge in [0.2, 0.25) is 0 Å². The second-order valence-electron chi connectivity index (χ2n) is 6.51. The third-order valence-corrected chi connectivity index (χ3v) is 4.22. The second-order valence-corrected chi connectivity index (χ2v) is 6.51. The molecule has 0 aliphatic carbocycles. The van der Waals surface area contributed by atoms with Gasteiger partial charge in [0.05, 0.1) is 6.61 Å². The number of piperazine rings is 1. The van der Waals surface area contributed by atoms with Gasteiger partial charge in [0.25, 0.3) is 0 Å². The summed E-state index contributed by atoms with van der Waals surface area (Å²) in [6, 6.07) is -1.40. The Kier molecular flexibility index (Phi) is 8.83. The van der Waals surface area contributed by atoms with E-state index < -0.39 is 12.2 Å². The minimum absolute atomic E-state index is 0.381. The predicted octanol–water partition coefficient (Wildman–Crippen LogP) is 2.19. The molecular weight excluding hydrogens is 321 g/mol. The summed E-state index contributed by atoms with van der Waals surface area (Å²) in [5, 5.41) is 3.21. The molecule has 0 saturated carbocycles. The maximum atomic E-state index is 12.8. The molecule has 0 bridgehead atoms. The molecule has 1 atom stereocenters. The largest absolute Gasteiger partial charge is 0.403 e. The van der Waals surface area contributed by atoms with Crippen molar-refractivity contribution in [1.29, 1.82) is 0 Å². The van der Waals surface area contributed by atoms with Gasteiger partial charge in [-0.15, -0.1) is 0 Å². The molecule has 0 spiro atoms. The number of alkyl halides is 3. The van der Waals surface area contributed by atoms with Crippen LogP contribution in [0.5, 0.6) is 0 Å². The fourth-order valence-corrected chi connectivity index (χ4v) is 2.52. The van der Waals surface area contributed by atoms with Crippen LogP contribution in [0.4, 0.5) is 13.2 Å². The summed E-state index contributed by atoms with van der Waals surface area (Å²) in [5.41, 5.74) is 0. The van der Waals surface area contributed by atoms with Crippen LogP contribution in [0.1, 0.15) is 27.2 Å². The lowest BCUT2D eigenvalue weighted by Crippen LogP contribution is -2.57. The lowest BCUT2D eigenvalue weighted by Gasteiger charge is -2.39. The first-order valence-corrected chi connectivity index (χ1v) is 8.59. The molecule has 1 saturated heterocycles. The normalized spacial score (nSPS) is 19.0. The van der Waals surface area contributed by atoms with Crippen molar-refractivity contribution in [3.8, 4) is 0 Å². The van der Waals surface area contributed by atoms with E-state index in [9.17, 15) is 13.2 Å². The van der Waals surface area contributed by atoms with Crippen LogP contribution in [0.3, 0.4) is 0 Å². The first-order valence-electron chi connectivity index (χ1n) is 8.59. The van der Waals surface area contributed by atoms with Gasteiger partial charge in [-0.05, 0) is 19.3 Å². The van der Waals surface area contributed by atoms with Crippen LogP contribution in [0.2, 0.25) is 0 Å². The van der Waals surface area contributed by atoms with Crippen LogP contribution in [0.15, 0.2) is 4.99 Å². The van der Waals surface area contributed by atoms with E-state index in [-0.39, 0.29) is 0 Å². The van der Waals surface area contributed by atoms with Crippen molar-refractivity contribution in [2.45, 2.75) is 39.4 Å². The molecular formula is C16H31F3N4O. The SMILES string of the molecule is CN=C(NCCOCCC(C)C)N1CCN(C(C)C(F)(F)F)CC1. The Morgan fingerprint density at radius 3 is 2.25 bits per heavy atom. The Hall–Kier alpha value is -1.02. The van der Waals surface area contributed by atoms with E-state index in [0.717, 1.165) is 19.0 Å². The summed E-state index contributed by atoms with van der Waals surface area (Å²) < 4.78 is 43.8. The van der Waals surface area contributed by atoms with Crippen molar-refractivity contribution in [1.82, 2.24) is 15.1 Å². The van der Waals surface area contributed by atoms with Gasteiger partial charge in [-0.25, -0.2) is 0 Å². The highest BCUT2D eigenvalue weighted by Crippen LogP contribution is 2.25. The number of guanidine groups is 1. The molecule has 8 heteroatoms. The predicted molar refractivity (Wildman–Crippen MR) is 90.3 cm³/mol. The van der Waals surface area contributed by atoms with Gasteiger partial charge in [-0.1, -0.05) is 13.8 Å². The van der Waals surface area contributed by atoms with E-state index in [1.54, 1.807) is 7.05 Å². The van der Waals surface area contributed by atoms with Gasteiger partial charge in [0, 0.05) is 46.4 Å². The van der Waals surface area contributed by atoms with Gasteiger partial charge in [-0.3, -0.25) is 9.89 Å². The lowest BCUT2D eigenvalue weighted by molar-refractivity contribution is -0.181. The summed E-state index contributed by atoms with van der Waals surface area (Å²) in [6.45, 7) is 9.34. The van der Waals surface area contributed by atoms with E-state index in [4.69, 9.17) is 4.74 Å². The van der Waals surface area contributed by atoms with Crippen LogP contribution in [-0.4, -0.2) is 81.0 Å². The molecule has 0 aromatic carbocycles. The van der Waals surface area contributed by atoms with E-state index in [0.29, 0.717) is 45.2 Å². The molecule has 5 nitrogen and oxygen atoms in total. The maximum Gasteiger partial charge on any atom is 0.403 e. The molecule has 1 heterocycles. The number of nitrogens with one attached hydrogen (secondary N) is 1. The van der Waals surface area contributed by atoms with Crippen molar-refractivity contribution in [3.63, 3.8) is 0 Å². The Morgan fingerprint density at radius 2 is 1.75 bits per heavy atom. The fraction of sp³-hybridized carbons (Fsp3) is 0.938. The highest BCUT2D eigenvalue weighted by Gasteiger charge is 2.41. The molecule has 24 heavy (non-hydrogen) atoms. The van der Waals surface area contributed by atoms with Crippen LogP contribution < -0.4 is 5.32 Å². The molecule has 142 valence electrons. The topological polar surface area (TPSA) is 40.1 Å². The van der Waals surface area contributed by atoms with Crippen LogP contribution in [-0.2, 0) is 4.74 Å². The molecule has 1 aliphatic heterocycles. The summed E-state index contributed by atoms with van der Waals surface area (Å²) >= 11 is 0. The number of ether oxygens (including phenoxy) is 1. The van der Waals surface area contributed by atoms with Gasteiger partial charge < -0.3 is 15.0 Å². The molecule has 0 aromatic heterocycles. The standard InChI is InChI=1S/C16H31F3N4O/c1-13(2)5-11-24-12-6-21-15(20-4)23-9-7-22(8-10-23)14(3)16(17,18)19/h13-14H,5-12H2,1-4H3,(H,20,21). The first kappa shape index (κ1) is 21.0. The Bertz CT molecular complexity index is 380. The zero-order chi connectivity index (χ0) is 18.2. The van der Waals surface area contributed by atoms with Gasteiger partial charge in [0.15, 0.2) is 5.96 Å². The van der Waals surface area contributed by atoms with Crippen molar-refractivity contribution in [2.75, 3.05) is 53.0 Å². The summed E-state index contributed by atoms with van der Waals surface area (Å²) in [6.07, 6.45) is -3.14. The monoisotopic (exact) mass is 352 g/mol. The van der Waals surface area contributed by atoms with Crippen molar-refractivity contribution >= 4 is 5.96 Å². The highest BCUT2D eigenvalue weighted by atomic mass is 19.4. The average molecular weight is 352 g/mol. The maximum absolute atomic E-state index is 12.8. The summed E-state index contributed by atoms with van der Waals surface area (Å²) in [7, 11) is 1.69. The second kappa shape index (κ2) is 10.1. The fourth-order valence-electron chi connectivity index (χ4n) is 2.52. The number of halogens is 3. The molecule has 1 fully saturated rings. The van der Waals surface area contributed by atoms with Crippen LogP contribution in [0, 0.1) is 5.92 Å². The smallest absolute Gasteiger partial charge is 0.380 e. The quantitative estimate of drug-likeness (QED) is 0.433. The van der Waals surface area contributed by atoms with Crippen molar-refractivity contribution < 1.29 is 17.9 Å². The highest BCUT2D eigenvalue weighted by molar-refractivity contribution is 5.79. The molecule has 1 rings (SSSR count). The van der Waals surface area contributed by atoms with E-state index in [1.165, 1.54) is 11.8 Å². The average Bonchev–Trinajstić information content (AvgIpc) is 2.52. The van der Waals surface area contributed by atoms with Crippen LogP contribution in [0.25, 0.3) is 0 Å². The summed E-state index contributed by atoms with van der Waals surface area (Å²) in [5.74, 6) is 1.35. The van der Waals surface area contributed by atoms with Crippen LogP contribution >= 0.6 is 0 Å². The third kappa shape index (κ3) is 7.25. The van der Waals surface area contributed by atoms with Crippen molar-refractivity contribution in [2.24, 2.45) is 10.9 Å². The lowest BCUT2D eigenvalue weighted by atomic mass is 10.1. The third-order valence-electron chi connectivity index (χ3n) is 4.22. The zero-order valence-electron chi connectivity index (χ0n) is 15.2. The number of aliphatic imine (C=N–C) groups is 1. The zero-order valence-corrected chi connectivity index (χ0v) is 15.2. The summed E-state index contributed by atoms with van der Waals surface area (Å²) in [4.78, 5) is 7.68. The number of rotatable bonds is 7. The van der Waals surface area contributed by atoms with Gasteiger partial charge >= 0.3 is 6.18 Å². The van der Waals surface area contributed by atoms with E-state index in [1.807, 2.05) is 4.90 Å². The molecule has 1 N–H and O–H groups in total. The van der Waals surface area contributed by atoms with Crippen molar-refractivity contribution in [3.05, 3.63) is 0 Å².